The molecule has 0 fully saturated rings. The van der Waals surface area contributed by atoms with Crippen molar-refractivity contribution in [3.05, 3.63) is 47.5 Å². The summed E-state index contributed by atoms with van der Waals surface area (Å²) >= 11 is 0. The molecule has 2 aromatic carbocycles. The van der Waals surface area contributed by atoms with Crippen molar-refractivity contribution in [2.45, 2.75) is 12.8 Å². The largest absolute Gasteiger partial charge is 0.493 e. The van der Waals surface area contributed by atoms with Gasteiger partial charge in [0.25, 0.3) is 0 Å². The molecule has 0 aliphatic heterocycles. The van der Waals surface area contributed by atoms with E-state index in [4.69, 9.17) is 18.7 Å². The average molecular weight is 337 g/mol. The highest BCUT2D eigenvalue weighted by atomic mass is 16.5. The number of hydrogen-bond acceptors (Lipinski definition) is 5. The maximum absolute atomic E-state index is 5.73. The molecule has 0 N–H and O–H groups in total. The highest BCUT2D eigenvalue weighted by molar-refractivity contribution is 5.78. The Balaban J connectivity index is 1.87. The van der Waals surface area contributed by atoms with Gasteiger partial charge in [0.15, 0.2) is 17.3 Å². The molecule has 0 bridgehead atoms. The normalized spacial score (nSPS) is 12.3. The molecule has 1 aliphatic rings. The zero-order chi connectivity index (χ0) is 17.4. The van der Waals surface area contributed by atoms with E-state index in [2.05, 4.69) is 23.4 Å². The van der Waals surface area contributed by atoms with Gasteiger partial charge in [0.05, 0.1) is 21.3 Å². The predicted octanol–water partition coefficient (Wildman–Crippen LogP) is 4.13. The van der Waals surface area contributed by atoms with Gasteiger partial charge in [-0.25, -0.2) is 0 Å². The van der Waals surface area contributed by atoms with Crippen LogP contribution in [0.5, 0.6) is 17.2 Å². The van der Waals surface area contributed by atoms with Crippen molar-refractivity contribution in [3.63, 3.8) is 0 Å². The highest BCUT2D eigenvalue weighted by Gasteiger charge is 2.26. The molecule has 1 aliphatic carbocycles. The standard InChI is InChI=1S/C20H19NO4/c1-22-16-10-13(11-17(23-2)20(16)24-3)19-15-9-8-12-6-4-5-7-14(12)18(15)21-25-19/h4-7,10-11H,8-9H2,1-3H3. The molecule has 0 saturated carbocycles. The first-order valence-corrected chi connectivity index (χ1v) is 8.14. The van der Waals surface area contributed by atoms with Crippen molar-refractivity contribution in [1.82, 2.24) is 5.16 Å². The molecule has 1 heterocycles. The summed E-state index contributed by atoms with van der Waals surface area (Å²) in [6, 6.07) is 12.1. The minimum absolute atomic E-state index is 0.562. The topological polar surface area (TPSA) is 53.7 Å². The number of fused-ring (bicyclic) bond motifs is 3. The second kappa shape index (κ2) is 6.16. The van der Waals surface area contributed by atoms with Crippen LogP contribution < -0.4 is 14.2 Å². The summed E-state index contributed by atoms with van der Waals surface area (Å²) in [6.45, 7) is 0. The first-order valence-electron chi connectivity index (χ1n) is 8.14. The SMILES string of the molecule is COc1cc(-c2onc3c2CCc2ccccc2-3)cc(OC)c1OC. The first-order chi connectivity index (χ1) is 12.3. The average Bonchev–Trinajstić information content (AvgIpc) is 3.11. The molecular formula is C20H19NO4. The van der Waals surface area contributed by atoms with Gasteiger partial charge in [-0.15, -0.1) is 0 Å². The third-order valence-corrected chi connectivity index (χ3v) is 4.63. The number of methoxy groups -OCH3 is 3. The Morgan fingerprint density at radius 3 is 2.32 bits per heavy atom. The van der Waals surface area contributed by atoms with Gasteiger partial charge in [0.2, 0.25) is 5.75 Å². The van der Waals surface area contributed by atoms with E-state index in [9.17, 15) is 0 Å². The molecule has 1 aromatic heterocycles. The molecule has 0 unspecified atom stereocenters. The van der Waals surface area contributed by atoms with Crippen molar-refractivity contribution in [1.29, 1.82) is 0 Å². The number of rotatable bonds is 4. The highest BCUT2D eigenvalue weighted by Crippen LogP contribution is 2.44. The van der Waals surface area contributed by atoms with Crippen molar-refractivity contribution in [3.8, 4) is 39.8 Å². The summed E-state index contributed by atoms with van der Waals surface area (Å²) in [5.41, 5.74) is 5.35. The fourth-order valence-corrected chi connectivity index (χ4v) is 3.42. The lowest BCUT2D eigenvalue weighted by atomic mass is 9.88. The third kappa shape index (κ3) is 2.43. The minimum Gasteiger partial charge on any atom is -0.493 e. The Morgan fingerprint density at radius 1 is 0.920 bits per heavy atom. The number of aryl methyl sites for hydroxylation is 1. The Morgan fingerprint density at radius 2 is 1.64 bits per heavy atom. The van der Waals surface area contributed by atoms with Crippen molar-refractivity contribution < 1.29 is 18.7 Å². The Bertz CT molecular complexity index is 904. The molecule has 3 aromatic rings. The molecule has 0 atom stereocenters. The van der Waals surface area contributed by atoms with Crippen LogP contribution in [0.2, 0.25) is 0 Å². The van der Waals surface area contributed by atoms with Crippen molar-refractivity contribution in [2.75, 3.05) is 21.3 Å². The summed E-state index contributed by atoms with van der Waals surface area (Å²) in [7, 11) is 4.80. The van der Waals surface area contributed by atoms with E-state index >= 15 is 0 Å². The summed E-state index contributed by atoms with van der Waals surface area (Å²) in [4.78, 5) is 0. The summed E-state index contributed by atoms with van der Waals surface area (Å²) in [5, 5.41) is 4.34. The zero-order valence-corrected chi connectivity index (χ0v) is 14.5. The number of benzene rings is 2. The quantitative estimate of drug-likeness (QED) is 0.716. The van der Waals surface area contributed by atoms with Crippen LogP contribution in [0.4, 0.5) is 0 Å². The third-order valence-electron chi connectivity index (χ3n) is 4.63. The molecule has 0 saturated heterocycles. The summed E-state index contributed by atoms with van der Waals surface area (Å²) < 4.78 is 22.0. The molecule has 0 amide bonds. The number of aromatic nitrogens is 1. The predicted molar refractivity (Wildman–Crippen MR) is 94.4 cm³/mol. The van der Waals surface area contributed by atoms with Crippen LogP contribution in [0, 0.1) is 0 Å². The van der Waals surface area contributed by atoms with Gasteiger partial charge in [-0.05, 0) is 30.5 Å². The van der Waals surface area contributed by atoms with E-state index in [0.29, 0.717) is 17.2 Å². The fraction of sp³-hybridized carbons (Fsp3) is 0.250. The minimum atomic E-state index is 0.562. The van der Waals surface area contributed by atoms with Gasteiger partial charge in [0.1, 0.15) is 5.69 Å². The van der Waals surface area contributed by atoms with E-state index in [-0.39, 0.29) is 0 Å². The van der Waals surface area contributed by atoms with Crippen LogP contribution >= 0.6 is 0 Å². The fourth-order valence-electron chi connectivity index (χ4n) is 3.42. The molecule has 4 rings (SSSR count). The van der Waals surface area contributed by atoms with E-state index in [1.807, 2.05) is 18.2 Å². The molecule has 0 radical (unpaired) electrons. The van der Waals surface area contributed by atoms with Crippen LogP contribution in [-0.4, -0.2) is 26.5 Å². The smallest absolute Gasteiger partial charge is 0.203 e. The van der Waals surface area contributed by atoms with Crippen LogP contribution in [-0.2, 0) is 12.8 Å². The van der Waals surface area contributed by atoms with E-state index in [0.717, 1.165) is 41.0 Å². The lowest BCUT2D eigenvalue weighted by Gasteiger charge is -2.16. The van der Waals surface area contributed by atoms with Gasteiger partial charge < -0.3 is 18.7 Å². The van der Waals surface area contributed by atoms with Crippen molar-refractivity contribution >= 4 is 0 Å². The maximum Gasteiger partial charge on any atom is 0.203 e. The van der Waals surface area contributed by atoms with E-state index in [1.165, 1.54) is 5.56 Å². The van der Waals surface area contributed by atoms with E-state index < -0.39 is 0 Å². The summed E-state index contributed by atoms with van der Waals surface area (Å²) in [5.74, 6) is 2.51. The molecular weight excluding hydrogens is 318 g/mol. The maximum atomic E-state index is 5.73. The lowest BCUT2D eigenvalue weighted by molar-refractivity contribution is 0.324. The summed E-state index contributed by atoms with van der Waals surface area (Å²) in [6.07, 6.45) is 1.86. The molecule has 5 heteroatoms. The Labute approximate surface area is 146 Å². The monoisotopic (exact) mass is 337 g/mol. The van der Waals surface area contributed by atoms with Crippen LogP contribution in [0.1, 0.15) is 11.1 Å². The van der Waals surface area contributed by atoms with Gasteiger partial charge in [-0.1, -0.05) is 29.4 Å². The number of nitrogens with zero attached hydrogens (tertiary/aromatic N) is 1. The van der Waals surface area contributed by atoms with Gasteiger partial charge in [-0.3, -0.25) is 0 Å². The van der Waals surface area contributed by atoms with Crippen molar-refractivity contribution in [2.24, 2.45) is 0 Å². The van der Waals surface area contributed by atoms with Gasteiger partial charge >= 0.3 is 0 Å². The second-order valence-electron chi connectivity index (χ2n) is 5.91. The molecule has 128 valence electrons. The zero-order valence-electron chi connectivity index (χ0n) is 14.5. The van der Waals surface area contributed by atoms with Gasteiger partial charge in [0, 0.05) is 16.7 Å². The molecule has 0 spiro atoms. The lowest BCUT2D eigenvalue weighted by Crippen LogP contribution is -2.03. The Kier molecular flexibility index (Phi) is 3.84. The van der Waals surface area contributed by atoms with Crippen LogP contribution in [0.15, 0.2) is 40.9 Å². The Hall–Kier alpha value is -2.95. The van der Waals surface area contributed by atoms with Gasteiger partial charge in [-0.2, -0.15) is 0 Å². The molecule has 5 nitrogen and oxygen atoms in total. The van der Waals surface area contributed by atoms with Crippen LogP contribution in [0.3, 0.4) is 0 Å². The molecule has 25 heavy (non-hydrogen) atoms. The first kappa shape index (κ1) is 15.6. The second-order valence-corrected chi connectivity index (χ2v) is 5.91. The number of hydrogen-bond donors (Lipinski definition) is 0. The van der Waals surface area contributed by atoms with Crippen LogP contribution in [0.25, 0.3) is 22.6 Å². The van der Waals surface area contributed by atoms with E-state index in [1.54, 1.807) is 21.3 Å². The number of ether oxygens (including phenoxy) is 3.